The van der Waals surface area contributed by atoms with Crippen LogP contribution >= 0.6 is 0 Å². The molecule has 0 amide bonds. The zero-order chi connectivity index (χ0) is 13.8. The van der Waals surface area contributed by atoms with Crippen molar-refractivity contribution in [3.63, 3.8) is 0 Å². The molecular weight excluding hydrogens is 238 g/mol. The molecule has 0 spiro atoms. The van der Waals surface area contributed by atoms with Gasteiger partial charge in [-0.05, 0) is 49.4 Å². The highest BCUT2D eigenvalue weighted by Gasteiger charge is 2.29. The van der Waals surface area contributed by atoms with Gasteiger partial charge in [0.25, 0.3) is 0 Å². The molecule has 19 heavy (non-hydrogen) atoms. The highest BCUT2D eigenvalue weighted by Crippen LogP contribution is 2.32. The van der Waals surface area contributed by atoms with E-state index in [-0.39, 0.29) is 6.10 Å². The van der Waals surface area contributed by atoms with Gasteiger partial charge >= 0.3 is 0 Å². The maximum atomic E-state index is 10.2. The quantitative estimate of drug-likeness (QED) is 0.877. The molecule has 1 aliphatic rings. The lowest BCUT2D eigenvalue weighted by Gasteiger charge is -2.36. The van der Waals surface area contributed by atoms with Gasteiger partial charge in [-0.3, -0.25) is 0 Å². The van der Waals surface area contributed by atoms with E-state index in [9.17, 15) is 10.2 Å². The molecule has 1 saturated carbocycles. The molecule has 0 aromatic heterocycles. The number of nitrogens with zero attached hydrogens (tertiary/aromatic N) is 1. The molecule has 0 radical (unpaired) electrons. The van der Waals surface area contributed by atoms with Gasteiger partial charge < -0.3 is 15.1 Å². The maximum Gasteiger partial charge on any atom is 0.115 e. The van der Waals surface area contributed by atoms with Crippen LogP contribution in [-0.2, 0) is 0 Å². The first-order valence-corrected chi connectivity index (χ1v) is 7.28. The van der Waals surface area contributed by atoms with Crippen LogP contribution in [0.1, 0.15) is 32.6 Å². The SMILES string of the molecule is CCC1CCC(O)C(CN(C)c2ccc(O)cc2)C1. The Morgan fingerprint density at radius 1 is 1.21 bits per heavy atom. The van der Waals surface area contributed by atoms with Crippen LogP contribution in [0.25, 0.3) is 0 Å². The minimum absolute atomic E-state index is 0.164. The lowest BCUT2D eigenvalue weighted by molar-refractivity contribution is 0.0511. The zero-order valence-corrected chi connectivity index (χ0v) is 11.9. The summed E-state index contributed by atoms with van der Waals surface area (Å²) < 4.78 is 0. The number of aliphatic hydroxyl groups is 1. The largest absolute Gasteiger partial charge is 0.508 e. The number of anilines is 1. The van der Waals surface area contributed by atoms with Crippen LogP contribution < -0.4 is 4.90 Å². The standard InChI is InChI=1S/C16H25NO2/c1-3-12-4-9-16(19)13(10-12)11-17(2)14-5-7-15(18)8-6-14/h5-8,12-13,16,18-19H,3-4,9-11H2,1-2H3. The van der Waals surface area contributed by atoms with Crippen molar-refractivity contribution in [3.8, 4) is 5.75 Å². The summed E-state index contributed by atoms with van der Waals surface area (Å²) in [4.78, 5) is 2.17. The van der Waals surface area contributed by atoms with Crippen LogP contribution in [0.5, 0.6) is 5.75 Å². The zero-order valence-electron chi connectivity index (χ0n) is 11.9. The number of phenols is 1. The predicted octanol–water partition coefficient (Wildman–Crippen LogP) is 3.02. The lowest BCUT2D eigenvalue weighted by atomic mass is 9.78. The van der Waals surface area contributed by atoms with Gasteiger partial charge in [-0.15, -0.1) is 0 Å². The molecule has 1 aromatic carbocycles. The average Bonchev–Trinajstić information content (AvgIpc) is 2.42. The fourth-order valence-corrected chi connectivity index (χ4v) is 3.08. The molecule has 0 saturated heterocycles. The first-order chi connectivity index (χ1) is 9.10. The molecule has 2 rings (SSSR count). The summed E-state index contributed by atoms with van der Waals surface area (Å²) in [7, 11) is 2.05. The number of hydrogen-bond acceptors (Lipinski definition) is 3. The molecule has 1 aromatic rings. The molecule has 3 atom stereocenters. The molecule has 0 bridgehead atoms. The van der Waals surface area contributed by atoms with Gasteiger partial charge in [0.05, 0.1) is 6.10 Å². The summed E-state index contributed by atoms with van der Waals surface area (Å²) in [5.41, 5.74) is 1.09. The molecule has 3 nitrogen and oxygen atoms in total. The number of hydrogen-bond donors (Lipinski definition) is 2. The van der Waals surface area contributed by atoms with Crippen molar-refractivity contribution in [2.45, 2.75) is 38.7 Å². The van der Waals surface area contributed by atoms with Crippen molar-refractivity contribution >= 4 is 5.69 Å². The number of aromatic hydroxyl groups is 1. The number of aliphatic hydroxyl groups excluding tert-OH is 1. The second-order valence-corrected chi connectivity index (χ2v) is 5.81. The van der Waals surface area contributed by atoms with E-state index in [0.717, 1.165) is 37.4 Å². The maximum absolute atomic E-state index is 10.2. The minimum Gasteiger partial charge on any atom is -0.508 e. The Balaban J connectivity index is 1.97. The van der Waals surface area contributed by atoms with E-state index < -0.39 is 0 Å². The first kappa shape index (κ1) is 14.2. The van der Waals surface area contributed by atoms with Crippen LogP contribution in [-0.4, -0.2) is 29.9 Å². The topological polar surface area (TPSA) is 43.7 Å². The van der Waals surface area contributed by atoms with Crippen LogP contribution in [0, 0.1) is 11.8 Å². The molecule has 1 fully saturated rings. The van der Waals surface area contributed by atoms with Gasteiger partial charge in [0.15, 0.2) is 0 Å². The average molecular weight is 263 g/mol. The van der Waals surface area contributed by atoms with Crippen LogP contribution in [0.15, 0.2) is 24.3 Å². The third kappa shape index (κ3) is 3.63. The highest BCUT2D eigenvalue weighted by atomic mass is 16.3. The molecule has 0 heterocycles. The highest BCUT2D eigenvalue weighted by molar-refractivity contribution is 5.48. The summed E-state index contributed by atoms with van der Waals surface area (Å²) in [5.74, 6) is 1.42. The second kappa shape index (κ2) is 6.29. The van der Waals surface area contributed by atoms with Gasteiger partial charge in [-0.25, -0.2) is 0 Å². The summed E-state index contributed by atoms with van der Waals surface area (Å²) >= 11 is 0. The summed E-state index contributed by atoms with van der Waals surface area (Å²) in [6.07, 6.45) is 4.28. The Labute approximate surface area is 115 Å². The number of phenolic OH excluding ortho intramolecular Hbond substituents is 1. The van der Waals surface area contributed by atoms with Gasteiger partial charge in [0, 0.05) is 25.2 Å². The summed E-state index contributed by atoms with van der Waals surface area (Å²) in [6.45, 7) is 3.12. The monoisotopic (exact) mass is 263 g/mol. The smallest absolute Gasteiger partial charge is 0.115 e. The minimum atomic E-state index is -0.164. The third-order valence-electron chi connectivity index (χ3n) is 4.43. The molecule has 3 heteroatoms. The van der Waals surface area contributed by atoms with Crippen molar-refractivity contribution < 1.29 is 10.2 Å². The van der Waals surface area contributed by atoms with E-state index in [4.69, 9.17) is 0 Å². The normalized spacial score (nSPS) is 27.2. The van der Waals surface area contributed by atoms with E-state index in [1.807, 2.05) is 12.1 Å². The van der Waals surface area contributed by atoms with E-state index >= 15 is 0 Å². The van der Waals surface area contributed by atoms with E-state index in [2.05, 4.69) is 18.9 Å². The Bertz CT molecular complexity index is 390. The van der Waals surface area contributed by atoms with Crippen molar-refractivity contribution in [2.75, 3.05) is 18.5 Å². The molecule has 2 N–H and O–H groups in total. The molecular formula is C16H25NO2. The van der Waals surface area contributed by atoms with Crippen molar-refractivity contribution in [3.05, 3.63) is 24.3 Å². The molecule has 1 aliphatic carbocycles. The fraction of sp³-hybridized carbons (Fsp3) is 0.625. The third-order valence-corrected chi connectivity index (χ3v) is 4.43. The van der Waals surface area contributed by atoms with Crippen LogP contribution in [0.3, 0.4) is 0 Å². The van der Waals surface area contributed by atoms with Gasteiger partial charge in [0.2, 0.25) is 0 Å². The van der Waals surface area contributed by atoms with Crippen LogP contribution in [0.2, 0.25) is 0 Å². The van der Waals surface area contributed by atoms with Crippen molar-refractivity contribution in [1.82, 2.24) is 0 Å². The van der Waals surface area contributed by atoms with E-state index in [0.29, 0.717) is 11.7 Å². The Morgan fingerprint density at radius 3 is 2.53 bits per heavy atom. The van der Waals surface area contributed by atoms with Crippen molar-refractivity contribution in [2.24, 2.45) is 11.8 Å². The van der Waals surface area contributed by atoms with Gasteiger partial charge in [0.1, 0.15) is 5.75 Å². The molecule has 0 aliphatic heterocycles. The van der Waals surface area contributed by atoms with Gasteiger partial charge in [-0.2, -0.15) is 0 Å². The molecule has 3 unspecified atom stereocenters. The van der Waals surface area contributed by atoms with Crippen molar-refractivity contribution in [1.29, 1.82) is 0 Å². The predicted molar refractivity (Wildman–Crippen MR) is 78.5 cm³/mol. The van der Waals surface area contributed by atoms with Crippen LogP contribution in [0.4, 0.5) is 5.69 Å². The number of rotatable bonds is 4. The first-order valence-electron chi connectivity index (χ1n) is 7.28. The fourth-order valence-electron chi connectivity index (χ4n) is 3.08. The Morgan fingerprint density at radius 2 is 1.89 bits per heavy atom. The summed E-state index contributed by atoms with van der Waals surface area (Å²) in [6, 6.07) is 7.25. The second-order valence-electron chi connectivity index (χ2n) is 5.81. The summed E-state index contributed by atoms with van der Waals surface area (Å²) in [5, 5.41) is 19.5. The van der Waals surface area contributed by atoms with E-state index in [1.54, 1.807) is 12.1 Å². The molecule has 106 valence electrons. The number of benzene rings is 1. The van der Waals surface area contributed by atoms with Gasteiger partial charge in [-0.1, -0.05) is 13.3 Å². The Hall–Kier alpha value is -1.22. The lowest BCUT2D eigenvalue weighted by Crippen LogP contribution is -2.37. The van der Waals surface area contributed by atoms with E-state index in [1.165, 1.54) is 6.42 Å². The Kier molecular flexibility index (Phi) is 4.70.